The van der Waals surface area contributed by atoms with Gasteiger partial charge in [-0.1, -0.05) is 24.3 Å². The number of esters is 2. The zero-order valence-electron chi connectivity index (χ0n) is 32.7. The molecule has 0 amide bonds. The summed E-state index contributed by atoms with van der Waals surface area (Å²) < 4.78 is 37.2. The lowest BCUT2D eigenvalue weighted by molar-refractivity contribution is -0.160. The summed E-state index contributed by atoms with van der Waals surface area (Å²) in [6, 6.07) is 7.10. The third kappa shape index (κ3) is 5.64. The maximum Gasteiger partial charge on any atom is 0.334 e. The second kappa shape index (κ2) is 14.1. The van der Waals surface area contributed by atoms with E-state index >= 15 is 4.79 Å². The molecule has 4 aromatic rings. The topological polar surface area (TPSA) is 173 Å². The van der Waals surface area contributed by atoms with E-state index in [2.05, 4.69) is 5.32 Å². The van der Waals surface area contributed by atoms with Crippen LogP contribution in [0.4, 0.5) is 0 Å². The molecule has 10 rings (SSSR count). The normalized spacial score (nSPS) is 27.9. The van der Waals surface area contributed by atoms with Crippen molar-refractivity contribution in [3.8, 4) is 28.7 Å². The Morgan fingerprint density at radius 3 is 2.60 bits per heavy atom. The first kappa shape index (κ1) is 38.0. The molecule has 7 heterocycles. The van der Waals surface area contributed by atoms with Crippen LogP contribution >= 0.6 is 11.8 Å². The number of thioether (sulfide) groups is 1. The largest absolute Gasteiger partial charge is 0.504 e. The molecule has 0 radical (unpaired) electrons. The Morgan fingerprint density at radius 2 is 1.86 bits per heavy atom. The van der Waals surface area contributed by atoms with Crippen LogP contribution in [0.3, 0.4) is 0 Å². The van der Waals surface area contributed by atoms with Crippen LogP contribution in [0.1, 0.15) is 75.4 Å². The molecular formula is C42H47N3O11S. The molecule has 2 bridgehead atoms. The zero-order valence-corrected chi connectivity index (χ0v) is 33.5. The van der Waals surface area contributed by atoms with Crippen molar-refractivity contribution in [3.63, 3.8) is 0 Å². The summed E-state index contributed by atoms with van der Waals surface area (Å²) in [5, 5.41) is 39.0. The quantitative estimate of drug-likeness (QED) is 0.169. The minimum atomic E-state index is -1.47. The van der Waals surface area contributed by atoms with Gasteiger partial charge in [0.2, 0.25) is 6.79 Å². The van der Waals surface area contributed by atoms with Crippen LogP contribution in [0, 0.1) is 13.8 Å². The molecule has 57 heavy (non-hydrogen) atoms. The van der Waals surface area contributed by atoms with Gasteiger partial charge >= 0.3 is 11.9 Å². The Balaban J connectivity index is 1.30. The molecule has 7 atom stereocenters. The number of aryl methyl sites for hydroxylation is 1. The van der Waals surface area contributed by atoms with Crippen molar-refractivity contribution in [2.45, 2.75) is 81.2 Å². The number of methoxy groups -OCH3 is 1. The summed E-state index contributed by atoms with van der Waals surface area (Å²) in [4.78, 5) is 32.0. The molecule has 6 aliphatic rings. The van der Waals surface area contributed by atoms with Gasteiger partial charge in [0, 0.05) is 58.6 Å². The Labute approximate surface area is 333 Å². The fourth-order valence-electron chi connectivity index (χ4n) is 10.1. The highest BCUT2D eigenvalue weighted by molar-refractivity contribution is 7.99. The van der Waals surface area contributed by atoms with Gasteiger partial charge in [0.25, 0.3) is 0 Å². The van der Waals surface area contributed by atoms with E-state index in [0.717, 1.165) is 22.1 Å². The number of aliphatic hydroxyl groups excluding tert-OH is 2. The molecule has 0 aliphatic carbocycles. The van der Waals surface area contributed by atoms with Crippen molar-refractivity contribution in [3.05, 3.63) is 75.0 Å². The summed E-state index contributed by atoms with van der Waals surface area (Å²) >= 11 is 1.55. The number of nitrogens with one attached hydrogen (secondary N) is 1. The van der Waals surface area contributed by atoms with Crippen LogP contribution in [0.15, 0.2) is 34.7 Å². The number of hydrogen-bond donors (Lipinski definition) is 4. The van der Waals surface area contributed by atoms with Crippen molar-refractivity contribution in [2.24, 2.45) is 0 Å². The van der Waals surface area contributed by atoms with Crippen LogP contribution in [0.2, 0.25) is 0 Å². The number of phenolic OH excluding ortho intramolecular Hbond substituents is 1. The van der Waals surface area contributed by atoms with E-state index in [-0.39, 0.29) is 38.6 Å². The zero-order chi connectivity index (χ0) is 40.1. The summed E-state index contributed by atoms with van der Waals surface area (Å²) in [7, 11) is 5.38. The fraction of sp³-hybridized carbons (Fsp3) is 0.476. The van der Waals surface area contributed by atoms with Crippen molar-refractivity contribution in [1.29, 1.82) is 0 Å². The third-order valence-electron chi connectivity index (χ3n) is 12.3. The number of hydrogen-bond acceptors (Lipinski definition) is 15. The van der Waals surface area contributed by atoms with Crippen LogP contribution in [-0.4, -0.2) is 102 Å². The molecule has 6 aliphatic heterocycles. The summed E-state index contributed by atoms with van der Waals surface area (Å²) in [5.41, 5.74) is 3.95. The van der Waals surface area contributed by atoms with Gasteiger partial charge in [-0.25, -0.2) is 4.79 Å². The predicted octanol–water partition coefficient (Wildman–Crippen LogP) is 4.44. The SMILES string of the molecule is COc1c(C)cc2c(c1O)[C@H](N(C)C)[C@@H]1[C@@H]3SCC[C@]4(N[C@H](CO)Cc5c4oc4ccccc54)C(=O)OC[C@@H](c4c5c(c(C)c(OC(C)=O)c43)OCO5)N1[C@@H](O)C2. The van der Waals surface area contributed by atoms with Gasteiger partial charge in [-0.3, -0.25) is 15.0 Å². The molecule has 4 N–H and O–H groups in total. The standard InChI is InChI=1S/C42H47N3O11S/c1-19-13-22-14-28(48)45-26-17-52-41(50)42(40-25(15-23(16-46)43-42)24-9-7-8-10-27(24)56-40)11-12-57-39(33(45)32(44(4)5)29(22)34(49)35(19)51-6)31-30(26)38-37(53-18-54-38)20(2)36(31)55-21(3)47/h7-10,13,23,26,28,32-33,39,43,46,48-49H,11-12,14-18H2,1-6H3/t23-,26-,28-,32-,33+,39+,42+/m0/s1. The number of carbonyl (C=O) groups is 2. The first-order valence-corrected chi connectivity index (χ1v) is 20.3. The van der Waals surface area contributed by atoms with Gasteiger partial charge in [0.05, 0.1) is 31.1 Å². The van der Waals surface area contributed by atoms with Crippen molar-refractivity contribution >= 4 is 34.7 Å². The average molecular weight is 802 g/mol. The highest BCUT2D eigenvalue weighted by Crippen LogP contribution is 2.62. The van der Waals surface area contributed by atoms with E-state index in [4.69, 9.17) is 28.1 Å². The van der Waals surface area contributed by atoms with Gasteiger partial charge < -0.3 is 48.3 Å². The number of para-hydroxylation sites is 1. The minimum Gasteiger partial charge on any atom is -0.504 e. The molecule has 15 heteroatoms. The molecule has 14 nitrogen and oxygen atoms in total. The maximum absolute atomic E-state index is 15.0. The number of furan rings is 1. The number of rotatable bonds is 4. The maximum atomic E-state index is 15.0. The van der Waals surface area contributed by atoms with E-state index < -0.39 is 53.1 Å². The van der Waals surface area contributed by atoms with Gasteiger partial charge in [-0.05, 0) is 63.7 Å². The molecule has 302 valence electrons. The lowest BCUT2D eigenvalue weighted by Gasteiger charge is -2.51. The number of phenols is 1. The molecular weight excluding hydrogens is 755 g/mol. The van der Waals surface area contributed by atoms with Crippen LogP contribution in [0.5, 0.6) is 28.7 Å². The van der Waals surface area contributed by atoms with E-state index in [1.54, 1.807) is 11.8 Å². The number of aliphatic hydroxyl groups is 2. The molecule has 1 aromatic heterocycles. The Bertz CT molecular complexity index is 2310. The predicted molar refractivity (Wildman–Crippen MR) is 209 cm³/mol. The van der Waals surface area contributed by atoms with Crippen LogP contribution in [0.25, 0.3) is 11.0 Å². The van der Waals surface area contributed by atoms with Crippen molar-refractivity contribution < 1.29 is 53.0 Å². The van der Waals surface area contributed by atoms with Crippen molar-refractivity contribution in [1.82, 2.24) is 15.1 Å². The smallest absolute Gasteiger partial charge is 0.334 e. The number of nitrogens with zero attached hydrogens (tertiary/aromatic N) is 2. The second-order valence-corrected chi connectivity index (χ2v) is 17.1. The molecule has 1 fully saturated rings. The highest BCUT2D eigenvalue weighted by atomic mass is 32.2. The fourth-order valence-corrected chi connectivity index (χ4v) is 11.7. The third-order valence-corrected chi connectivity index (χ3v) is 13.7. The molecule has 1 spiro atoms. The second-order valence-electron chi connectivity index (χ2n) is 15.8. The average Bonchev–Trinajstić information content (AvgIpc) is 3.79. The number of likely N-dealkylation sites (N-methyl/N-ethyl adjacent to an activating group) is 1. The molecule has 0 unspecified atom stereocenters. The van der Waals surface area contributed by atoms with E-state index in [1.807, 2.05) is 68.1 Å². The van der Waals surface area contributed by atoms with E-state index in [1.165, 1.54) is 14.0 Å². The first-order chi connectivity index (χ1) is 27.4. The number of benzene rings is 3. The molecule has 0 saturated carbocycles. The number of ether oxygens (including phenoxy) is 5. The number of fused-ring (bicyclic) bond motifs is 9. The van der Waals surface area contributed by atoms with Gasteiger partial charge in [-0.15, -0.1) is 0 Å². The van der Waals surface area contributed by atoms with Crippen LogP contribution < -0.4 is 24.3 Å². The summed E-state index contributed by atoms with van der Waals surface area (Å²) in [6.45, 7) is 4.49. The Kier molecular flexibility index (Phi) is 9.41. The Hall–Kier alpha value is -4.51. The van der Waals surface area contributed by atoms with E-state index in [0.29, 0.717) is 68.8 Å². The lowest BCUT2D eigenvalue weighted by atomic mass is 9.80. The monoisotopic (exact) mass is 801 g/mol. The van der Waals surface area contributed by atoms with E-state index in [9.17, 15) is 20.1 Å². The van der Waals surface area contributed by atoms with Crippen molar-refractivity contribution in [2.75, 3.05) is 47.0 Å². The minimum absolute atomic E-state index is 0.0120. The Morgan fingerprint density at radius 1 is 1.09 bits per heavy atom. The van der Waals surface area contributed by atoms with Gasteiger partial charge in [-0.2, -0.15) is 11.8 Å². The lowest BCUT2D eigenvalue weighted by Crippen LogP contribution is -2.59. The van der Waals surface area contributed by atoms with Gasteiger partial charge in [0.1, 0.15) is 29.9 Å². The first-order valence-electron chi connectivity index (χ1n) is 19.2. The van der Waals surface area contributed by atoms with Gasteiger partial charge in [0.15, 0.2) is 28.5 Å². The highest BCUT2D eigenvalue weighted by Gasteiger charge is 2.57. The number of carbonyl (C=O) groups excluding carboxylic acids is 2. The van der Waals surface area contributed by atoms with Crippen LogP contribution in [-0.2, 0) is 32.7 Å². The molecule has 1 saturated heterocycles. The number of aromatic hydroxyl groups is 1. The molecule has 3 aromatic carbocycles. The summed E-state index contributed by atoms with van der Waals surface area (Å²) in [6.07, 6.45) is -0.334. The summed E-state index contributed by atoms with van der Waals surface area (Å²) in [5.74, 6) is 1.19.